The highest BCUT2D eigenvalue weighted by Crippen LogP contribution is 2.12. The summed E-state index contributed by atoms with van der Waals surface area (Å²) in [5.41, 5.74) is 0.798. The van der Waals surface area contributed by atoms with Crippen molar-refractivity contribution < 1.29 is 23.1 Å². The van der Waals surface area contributed by atoms with E-state index < -0.39 is 0 Å². The summed E-state index contributed by atoms with van der Waals surface area (Å²) in [5, 5.41) is 0. The number of benzene rings is 1. The molecule has 0 saturated heterocycles. The van der Waals surface area contributed by atoms with Crippen LogP contribution in [0.4, 0.5) is 4.39 Å². The van der Waals surface area contributed by atoms with Gasteiger partial charge in [0, 0.05) is 33.2 Å². The Bertz CT molecular complexity index is 731. The van der Waals surface area contributed by atoms with E-state index in [1.165, 1.54) is 24.0 Å². The monoisotopic (exact) mass is 390 g/mol. The normalized spacial score (nSPS) is 10.7. The molecule has 0 atom stereocenters. The second kappa shape index (κ2) is 11.2. The molecule has 2 amide bonds. The standard InChI is InChI=1S/C21H27FN2O4/c1-3-27-12-5-11-23(17(2)25)16-21(26)24(15-20-6-4-13-28-20)14-18-7-9-19(22)10-8-18/h4,6-10,13H,3,5,11-12,14-16H2,1-2H3. The van der Waals surface area contributed by atoms with E-state index in [0.717, 1.165) is 5.56 Å². The molecule has 0 spiro atoms. The third-order valence-electron chi connectivity index (χ3n) is 4.26. The molecule has 0 radical (unpaired) electrons. The summed E-state index contributed by atoms with van der Waals surface area (Å²) in [7, 11) is 0. The predicted molar refractivity (Wildman–Crippen MR) is 103 cm³/mol. The molecule has 0 saturated carbocycles. The van der Waals surface area contributed by atoms with Crippen LogP contribution in [-0.2, 0) is 27.4 Å². The van der Waals surface area contributed by atoms with Crippen LogP contribution in [0.1, 0.15) is 31.6 Å². The topological polar surface area (TPSA) is 63.0 Å². The Hall–Kier alpha value is -2.67. The zero-order valence-electron chi connectivity index (χ0n) is 16.4. The minimum atomic E-state index is -0.329. The number of carbonyl (C=O) groups excluding carboxylic acids is 2. The highest BCUT2D eigenvalue weighted by molar-refractivity contribution is 5.83. The van der Waals surface area contributed by atoms with Crippen molar-refractivity contribution in [1.29, 1.82) is 0 Å². The molecule has 0 unspecified atom stereocenters. The molecular formula is C21H27FN2O4. The summed E-state index contributed by atoms with van der Waals surface area (Å²) in [4.78, 5) is 28.0. The van der Waals surface area contributed by atoms with Gasteiger partial charge in [-0.15, -0.1) is 0 Å². The third-order valence-corrected chi connectivity index (χ3v) is 4.26. The number of hydrogen-bond donors (Lipinski definition) is 0. The molecule has 0 bridgehead atoms. The Morgan fingerprint density at radius 1 is 1.11 bits per heavy atom. The predicted octanol–water partition coefficient (Wildman–Crippen LogP) is 3.22. The molecule has 28 heavy (non-hydrogen) atoms. The van der Waals surface area contributed by atoms with Crippen LogP contribution in [0.15, 0.2) is 47.1 Å². The zero-order chi connectivity index (χ0) is 20.4. The van der Waals surface area contributed by atoms with Crippen molar-refractivity contribution in [1.82, 2.24) is 9.80 Å². The van der Waals surface area contributed by atoms with Gasteiger partial charge in [-0.25, -0.2) is 4.39 Å². The summed E-state index contributed by atoms with van der Waals surface area (Å²) < 4.78 is 23.8. The third kappa shape index (κ3) is 7.15. The molecule has 0 aliphatic carbocycles. The fraction of sp³-hybridized carbons (Fsp3) is 0.429. The van der Waals surface area contributed by atoms with Crippen molar-refractivity contribution in [2.45, 2.75) is 33.4 Å². The molecule has 2 rings (SSSR count). The van der Waals surface area contributed by atoms with E-state index in [2.05, 4.69) is 0 Å². The van der Waals surface area contributed by atoms with E-state index >= 15 is 0 Å². The fourth-order valence-electron chi connectivity index (χ4n) is 2.75. The fourth-order valence-corrected chi connectivity index (χ4v) is 2.75. The first kappa shape index (κ1) is 21.6. The van der Waals surface area contributed by atoms with Crippen molar-refractivity contribution >= 4 is 11.8 Å². The number of furan rings is 1. The van der Waals surface area contributed by atoms with Crippen molar-refractivity contribution in [2.75, 3.05) is 26.3 Å². The molecule has 1 aromatic carbocycles. The van der Waals surface area contributed by atoms with E-state index in [9.17, 15) is 14.0 Å². The van der Waals surface area contributed by atoms with E-state index in [0.29, 0.717) is 38.5 Å². The maximum Gasteiger partial charge on any atom is 0.242 e. The Morgan fingerprint density at radius 2 is 1.86 bits per heavy atom. The Labute approximate surface area is 164 Å². The Morgan fingerprint density at radius 3 is 2.46 bits per heavy atom. The first-order chi connectivity index (χ1) is 13.5. The van der Waals surface area contributed by atoms with Crippen LogP contribution >= 0.6 is 0 Å². The largest absolute Gasteiger partial charge is 0.467 e. The summed E-state index contributed by atoms with van der Waals surface area (Å²) in [5.74, 6) is -0.0530. The number of rotatable bonds is 11. The van der Waals surface area contributed by atoms with E-state index in [4.69, 9.17) is 9.15 Å². The molecule has 0 fully saturated rings. The molecule has 1 aromatic heterocycles. The van der Waals surface area contributed by atoms with Gasteiger partial charge in [0.25, 0.3) is 0 Å². The molecule has 0 aliphatic rings. The summed E-state index contributed by atoms with van der Waals surface area (Å²) in [6.07, 6.45) is 2.21. The molecule has 7 heteroatoms. The highest BCUT2D eigenvalue weighted by atomic mass is 19.1. The van der Waals surface area contributed by atoms with Crippen LogP contribution in [0.2, 0.25) is 0 Å². The van der Waals surface area contributed by atoms with Gasteiger partial charge in [0.1, 0.15) is 11.6 Å². The van der Waals surface area contributed by atoms with Gasteiger partial charge in [-0.1, -0.05) is 12.1 Å². The second-order valence-electron chi connectivity index (χ2n) is 6.45. The average molecular weight is 390 g/mol. The first-order valence-corrected chi connectivity index (χ1v) is 9.37. The maximum atomic E-state index is 13.2. The number of nitrogens with zero attached hydrogens (tertiary/aromatic N) is 2. The molecular weight excluding hydrogens is 363 g/mol. The Kier molecular flexibility index (Phi) is 8.68. The van der Waals surface area contributed by atoms with Crippen LogP contribution in [0.25, 0.3) is 0 Å². The summed E-state index contributed by atoms with van der Waals surface area (Å²) in [6, 6.07) is 9.55. The second-order valence-corrected chi connectivity index (χ2v) is 6.45. The van der Waals surface area contributed by atoms with Gasteiger partial charge in [-0.3, -0.25) is 9.59 Å². The van der Waals surface area contributed by atoms with Gasteiger partial charge in [0.2, 0.25) is 11.8 Å². The molecule has 2 aromatic rings. The van der Waals surface area contributed by atoms with Gasteiger partial charge < -0.3 is 19.0 Å². The van der Waals surface area contributed by atoms with Gasteiger partial charge in [-0.2, -0.15) is 0 Å². The van der Waals surface area contributed by atoms with Crippen molar-refractivity contribution in [2.24, 2.45) is 0 Å². The lowest BCUT2D eigenvalue weighted by Crippen LogP contribution is -2.42. The smallest absolute Gasteiger partial charge is 0.242 e. The van der Waals surface area contributed by atoms with Crippen LogP contribution < -0.4 is 0 Å². The number of carbonyl (C=O) groups is 2. The maximum absolute atomic E-state index is 13.2. The van der Waals surface area contributed by atoms with Gasteiger partial charge in [0.15, 0.2) is 0 Å². The van der Waals surface area contributed by atoms with Crippen molar-refractivity contribution in [3.05, 3.63) is 59.8 Å². The SMILES string of the molecule is CCOCCCN(CC(=O)N(Cc1ccc(F)cc1)Cc1ccco1)C(C)=O. The minimum Gasteiger partial charge on any atom is -0.467 e. The van der Waals surface area contributed by atoms with Gasteiger partial charge >= 0.3 is 0 Å². The lowest BCUT2D eigenvalue weighted by Gasteiger charge is -2.26. The molecule has 6 nitrogen and oxygen atoms in total. The first-order valence-electron chi connectivity index (χ1n) is 9.37. The molecule has 0 aliphatic heterocycles. The summed E-state index contributed by atoms with van der Waals surface area (Å²) >= 11 is 0. The van der Waals surface area contributed by atoms with Crippen molar-refractivity contribution in [3.63, 3.8) is 0 Å². The number of amides is 2. The molecule has 152 valence electrons. The van der Waals surface area contributed by atoms with E-state index in [-0.39, 0.29) is 30.7 Å². The van der Waals surface area contributed by atoms with Crippen LogP contribution in [0.3, 0.4) is 0 Å². The number of ether oxygens (including phenoxy) is 1. The van der Waals surface area contributed by atoms with Gasteiger partial charge in [0.05, 0.1) is 19.4 Å². The number of hydrogen-bond acceptors (Lipinski definition) is 4. The van der Waals surface area contributed by atoms with Crippen LogP contribution in [-0.4, -0.2) is 47.9 Å². The van der Waals surface area contributed by atoms with Crippen molar-refractivity contribution in [3.8, 4) is 0 Å². The zero-order valence-corrected chi connectivity index (χ0v) is 16.4. The lowest BCUT2D eigenvalue weighted by atomic mass is 10.2. The van der Waals surface area contributed by atoms with Gasteiger partial charge in [-0.05, 0) is 43.2 Å². The Balaban J connectivity index is 2.05. The molecule has 0 N–H and O–H groups in total. The van der Waals surface area contributed by atoms with Crippen LogP contribution in [0, 0.1) is 5.82 Å². The molecule has 1 heterocycles. The van der Waals surface area contributed by atoms with Crippen LogP contribution in [0.5, 0.6) is 0 Å². The van der Waals surface area contributed by atoms with E-state index in [1.54, 1.807) is 35.4 Å². The quantitative estimate of drug-likeness (QED) is 0.553. The minimum absolute atomic E-state index is 0.0244. The number of halogens is 1. The average Bonchev–Trinajstić information content (AvgIpc) is 3.18. The summed E-state index contributed by atoms with van der Waals surface area (Å²) in [6.45, 7) is 5.51. The van der Waals surface area contributed by atoms with E-state index in [1.807, 2.05) is 6.92 Å². The lowest BCUT2D eigenvalue weighted by molar-refractivity contribution is -0.140. The highest BCUT2D eigenvalue weighted by Gasteiger charge is 2.20.